The summed E-state index contributed by atoms with van der Waals surface area (Å²) in [6.45, 7) is 3.08. The lowest BCUT2D eigenvalue weighted by Crippen LogP contribution is -2.53. The molecule has 1 aliphatic carbocycles. The van der Waals surface area contributed by atoms with Crippen LogP contribution in [-0.4, -0.2) is 65.1 Å². The Morgan fingerprint density at radius 1 is 0.867 bits per heavy atom. The number of nitrogens with one attached hydrogen (secondary N) is 1. The number of carbonyl (C=O) groups is 2. The first-order chi connectivity index (χ1) is 21.6. The zero-order chi connectivity index (χ0) is 32.6. The Morgan fingerprint density at radius 2 is 1.51 bits per heavy atom. The lowest BCUT2D eigenvalue weighted by Gasteiger charge is -2.33. The number of sulfonamides is 1. The lowest BCUT2D eigenvalue weighted by atomic mass is 9.95. The van der Waals surface area contributed by atoms with Gasteiger partial charge in [-0.3, -0.25) is 13.9 Å². The minimum absolute atomic E-state index is 0.0282. The van der Waals surface area contributed by atoms with E-state index in [2.05, 4.69) is 5.32 Å². The van der Waals surface area contributed by atoms with Crippen LogP contribution in [0.3, 0.4) is 0 Å². The molecule has 0 heterocycles. The summed E-state index contributed by atoms with van der Waals surface area (Å²) in [5, 5.41) is 3.12. The molecule has 1 aliphatic rings. The second-order valence-electron chi connectivity index (χ2n) is 11.3. The molecule has 45 heavy (non-hydrogen) atoms. The van der Waals surface area contributed by atoms with Gasteiger partial charge in [-0.2, -0.15) is 0 Å². The van der Waals surface area contributed by atoms with Gasteiger partial charge in [0.25, 0.3) is 10.0 Å². The Balaban J connectivity index is 1.72. The van der Waals surface area contributed by atoms with Crippen LogP contribution in [0, 0.1) is 6.92 Å². The largest absolute Gasteiger partial charge is 0.497 e. The van der Waals surface area contributed by atoms with Crippen molar-refractivity contribution in [1.29, 1.82) is 0 Å². The van der Waals surface area contributed by atoms with E-state index in [0.717, 1.165) is 47.5 Å². The van der Waals surface area contributed by atoms with Gasteiger partial charge in [-0.05, 0) is 68.7 Å². The molecule has 0 spiro atoms. The van der Waals surface area contributed by atoms with Crippen molar-refractivity contribution < 1.29 is 32.2 Å². The molecule has 4 rings (SSSR count). The van der Waals surface area contributed by atoms with Crippen molar-refractivity contribution in [3.63, 3.8) is 0 Å². The number of ether oxygens (including phenoxy) is 3. The summed E-state index contributed by atoms with van der Waals surface area (Å²) in [6.07, 6.45) is 5.03. The van der Waals surface area contributed by atoms with Crippen LogP contribution in [-0.2, 0) is 26.2 Å². The highest BCUT2D eigenvalue weighted by atomic mass is 32.2. The van der Waals surface area contributed by atoms with Crippen molar-refractivity contribution in [3.8, 4) is 17.2 Å². The first-order valence-corrected chi connectivity index (χ1v) is 16.6. The molecule has 3 aromatic carbocycles. The molecule has 3 aromatic rings. The Morgan fingerprint density at radius 3 is 2.11 bits per heavy atom. The standard InChI is InChI=1S/C34H43N3O7S/c1-24-11-18-30(19-12-24)45(40,41)37(28-15-20-31(43-4)32(21-28)44-5)23-33(38)36(22-26-13-16-29(42-3)17-14-26)25(2)34(39)35-27-9-7-6-8-10-27/h11-21,25,27H,6-10,22-23H2,1-5H3,(H,35,39). The molecule has 10 nitrogen and oxygen atoms in total. The quantitative estimate of drug-likeness (QED) is 0.278. The van der Waals surface area contributed by atoms with Gasteiger partial charge in [0.2, 0.25) is 11.8 Å². The third-order valence-corrected chi connectivity index (χ3v) is 9.96. The van der Waals surface area contributed by atoms with Crippen LogP contribution in [0.25, 0.3) is 0 Å². The second kappa shape index (κ2) is 15.2. The molecule has 1 atom stereocenters. The van der Waals surface area contributed by atoms with Crippen LogP contribution < -0.4 is 23.8 Å². The lowest BCUT2D eigenvalue weighted by molar-refractivity contribution is -0.139. The molecular formula is C34H43N3O7S. The minimum atomic E-state index is -4.22. The normalized spacial score (nSPS) is 14.2. The number of hydrogen-bond acceptors (Lipinski definition) is 7. The maximum Gasteiger partial charge on any atom is 0.264 e. The number of anilines is 1. The van der Waals surface area contributed by atoms with E-state index in [1.54, 1.807) is 50.4 Å². The van der Waals surface area contributed by atoms with Gasteiger partial charge < -0.3 is 24.4 Å². The Labute approximate surface area is 266 Å². The zero-order valence-corrected chi connectivity index (χ0v) is 27.4. The van der Waals surface area contributed by atoms with Gasteiger partial charge in [0.1, 0.15) is 18.3 Å². The van der Waals surface area contributed by atoms with E-state index >= 15 is 0 Å². The van der Waals surface area contributed by atoms with E-state index in [9.17, 15) is 18.0 Å². The van der Waals surface area contributed by atoms with E-state index in [-0.39, 0.29) is 29.1 Å². The number of methoxy groups -OCH3 is 3. The fourth-order valence-electron chi connectivity index (χ4n) is 5.43. The highest BCUT2D eigenvalue weighted by Crippen LogP contribution is 2.34. The summed E-state index contributed by atoms with van der Waals surface area (Å²) in [5.41, 5.74) is 1.87. The van der Waals surface area contributed by atoms with E-state index < -0.39 is 28.5 Å². The molecule has 11 heteroatoms. The number of hydrogen-bond donors (Lipinski definition) is 1. The summed E-state index contributed by atoms with van der Waals surface area (Å²) in [4.78, 5) is 29.2. The van der Waals surface area contributed by atoms with Gasteiger partial charge >= 0.3 is 0 Å². The molecule has 1 N–H and O–H groups in total. The van der Waals surface area contributed by atoms with Gasteiger partial charge in [0.05, 0.1) is 31.9 Å². The third-order valence-electron chi connectivity index (χ3n) is 8.17. The van der Waals surface area contributed by atoms with Gasteiger partial charge in [-0.15, -0.1) is 0 Å². The van der Waals surface area contributed by atoms with Crippen LogP contribution in [0.5, 0.6) is 17.2 Å². The molecule has 0 saturated heterocycles. The van der Waals surface area contributed by atoms with Gasteiger partial charge in [-0.25, -0.2) is 8.42 Å². The number of benzene rings is 3. The number of aryl methyl sites for hydroxylation is 1. The molecule has 0 bridgehead atoms. The Kier molecular flexibility index (Phi) is 11.3. The molecule has 1 fully saturated rings. The van der Waals surface area contributed by atoms with Gasteiger partial charge in [-0.1, -0.05) is 49.1 Å². The monoisotopic (exact) mass is 637 g/mol. The van der Waals surface area contributed by atoms with Gasteiger partial charge in [0, 0.05) is 18.7 Å². The predicted octanol–water partition coefficient (Wildman–Crippen LogP) is 5.08. The fourth-order valence-corrected chi connectivity index (χ4v) is 6.83. The first kappa shape index (κ1) is 33.6. The summed E-state index contributed by atoms with van der Waals surface area (Å²) < 4.78 is 45.4. The number of amides is 2. The van der Waals surface area contributed by atoms with Crippen LogP contribution >= 0.6 is 0 Å². The van der Waals surface area contributed by atoms with Crippen LogP contribution in [0.2, 0.25) is 0 Å². The third kappa shape index (κ3) is 8.27. The van der Waals surface area contributed by atoms with Crippen LogP contribution in [0.4, 0.5) is 5.69 Å². The van der Waals surface area contributed by atoms with Crippen molar-refractivity contribution in [2.75, 3.05) is 32.2 Å². The van der Waals surface area contributed by atoms with E-state index in [4.69, 9.17) is 14.2 Å². The highest BCUT2D eigenvalue weighted by Gasteiger charge is 2.33. The molecule has 2 amide bonds. The van der Waals surface area contributed by atoms with E-state index in [1.165, 1.54) is 37.3 Å². The van der Waals surface area contributed by atoms with Crippen LogP contribution in [0.15, 0.2) is 71.6 Å². The van der Waals surface area contributed by atoms with Crippen molar-refractivity contribution in [3.05, 3.63) is 77.9 Å². The van der Waals surface area contributed by atoms with Crippen LogP contribution in [0.1, 0.15) is 50.2 Å². The molecule has 0 aliphatic heterocycles. The Bertz CT molecular complexity index is 1550. The molecular weight excluding hydrogens is 594 g/mol. The molecule has 1 saturated carbocycles. The van der Waals surface area contributed by atoms with Crippen molar-refractivity contribution in [2.24, 2.45) is 0 Å². The molecule has 242 valence electrons. The second-order valence-corrected chi connectivity index (χ2v) is 13.1. The number of carbonyl (C=O) groups excluding carboxylic acids is 2. The smallest absolute Gasteiger partial charge is 0.264 e. The topological polar surface area (TPSA) is 114 Å². The summed E-state index contributed by atoms with van der Waals surface area (Å²) in [7, 11) is 0.285. The maximum absolute atomic E-state index is 14.3. The summed E-state index contributed by atoms with van der Waals surface area (Å²) in [6, 6.07) is 17.5. The first-order valence-electron chi connectivity index (χ1n) is 15.1. The number of nitrogens with zero attached hydrogens (tertiary/aromatic N) is 2. The Hall–Kier alpha value is -4.25. The average molecular weight is 638 g/mol. The van der Waals surface area contributed by atoms with Crippen molar-refractivity contribution >= 4 is 27.5 Å². The molecule has 0 aromatic heterocycles. The minimum Gasteiger partial charge on any atom is -0.497 e. The van der Waals surface area contributed by atoms with E-state index in [1.807, 2.05) is 19.1 Å². The average Bonchev–Trinajstić information content (AvgIpc) is 3.06. The maximum atomic E-state index is 14.3. The van der Waals surface area contributed by atoms with Crippen molar-refractivity contribution in [2.45, 2.75) is 69.5 Å². The fraction of sp³-hybridized carbons (Fsp3) is 0.412. The number of rotatable bonds is 13. The zero-order valence-electron chi connectivity index (χ0n) is 26.6. The molecule has 1 unspecified atom stereocenters. The van der Waals surface area contributed by atoms with E-state index in [0.29, 0.717) is 17.2 Å². The van der Waals surface area contributed by atoms with Gasteiger partial charge in [0.15, 0.2) is 11.5 Å². The highest BCUT2D eigenvalue weighted by molar-refractivity contribution is 7.92. The SMILES string of the molecule is COc1ccc(CN(C(=O)CN(c2ccc(OC)c(OC)c2)S(=O)(=O)c2ccc(C)cc2)C(C)C(=O)NC2CCCCC2)cc1. The predicted molar refractivity (Wildman–Crippen MR) is 173 cm³/mol. The molecule has 0 radical (unpaired) electrons. The summed E-state index contributed by atoms with van der Waals surface area (Å²) in [5.74, 6) is 0.560. The van der Waals surface area contributed by atoms with Crippen molar-refractivity contribution in [1.82, 2.24) is 10.2 Å². The summed E-state index contributed by atoms with van der Waals surface area (Å²) >= 11 is 0.